The van der Waals surface area contributed by atoms with E-state index in [4.69, 9.17) is 20.5 Å². The van der Waals surface area contributed by atoms with Crippen LogP contribution in [0.15, 0.2) is 66.7 Å². The van der Waals surface area contributed by atoms with Crippen molar-refractivity contribution in [1.29, 1.82) is 0 Å². The van der Waals surface area contributed by atoms with Crippen molar-refractivity contribution in [3.05, 3.63) is 87.9 Å². The molecule has 0 amide bonds. The minimum atomic E-state index is -0.341. The van der Waals surface area contributed by atoms with E-state index in [2.05, 4.69) is 23.4 Å². The lowest BCUT2D eigenvalue weighted by atomic mass is 10.1. The summed E-state index contributed by atoms with van der Waals surface area (Å²) in [6.45, 7) is 7.84. The van der Waals surface area contributed by atoms with Crippen molar-refractivity contribution in [2.24, 2.45) is 0 Å². The van der Waals surface area contributed by atoms with Gasteiger partial charge in [0.15, 0.2) is 0 Å². The van der Waals surface area contributed by atoms with Gasteiger partial charge in [0.05, 0.1) is 27.8 Å². The first-order valence-electron chi connectivity index (χ1n) is 11.2. The molecule has 10 heteroatoms. The van der Waals surface area contributed by atoms with Crippen LogP contribution >= 0.6 is 35.0 Å². The van der Waals surface area contributed by atoms with Crippen LogP contribution in [0.25, 0.3) is 0 Å². The van der Waals surface area contributed by atoms with Crippen LogP contribution < -0.4 is 13.8 Å². The Labute approximate surface area is 219 Å². The zero-order valence-electron chi connectivity index (χ0n) is 19.5. The van der Waals surface area contributed by atoms with E-state index in [1.165, 1.54) is 12.0 Å². The Morgan fingerprint density at radius 1 is 1.26 bits per heavy atom. The summed E-state index contributed by atoms with van der Waals surface area (Å²) in [6, 6.07) is 13.3. The molecule has 0 aliphatic carbocycles. The summed E-state index contributed by atoms with van der Waals surface area (Å²) in [5.74, 6) is 1.74. The molecule has 0 radical (unpaired) electrons. The molecule has 0 N–H and O–H groups in total. The summed E-state index contributed by atoms with van der Waals surface area (Å²) < 4.78 is 11.5. The van der Waals surface area contributed by atoms with Crippen LogP contribution in [0, 0.1) is 10.1 Å². The van der Waals surface area contributed by atoms with Gasteiger partial charge in [-0.15, -0.1) is 11.6 Å². The number of alkyl halides is 1. The molecule has 2 heterocycles. The lowest BCUT2D eigenvalue weighted by Gasteiger charge is -2.23. The largest absolute Gasteiger partial charge is 0.473 e. The van der Waals surface area contributed by atoms with E-state index < -0.39 is 0 Å². The number of pyridine rings is 1. The summed E-state index contributed by atoms with van der Waals surface area (Å²) in [5.41, 5.74) is 2.63. The maximum Gasteiger partial charge on any atom is 0.328 e. The van der Waals surface area contributed by atoms with E-state index in [0.29, 0.717) is 36.1 Å². The number of hydrogen-bond donors (Lipinski definition) is 0. The molecule has 3 rings (SSSR count). The topological polar surface area (TPSA) is 77.7 Å². The van der Waals surface area contributed by atoms with Gasteiger partial charge in [-0.1, -0.05) is 37.0 Å². The van der Waals surface area contributed by atoms with Crippen LogP contribution in [0.4, 0.5) is 10.7 Å². The fourth-order valence-corrected chi connectivity index (χ4v) is 5.39. The van der Waals surface area contributed by atoms with Crippen molar-refractivity contribution >= 4 is 45.7 Å². The average molecular weight is 534 g/mol. The predicted molar refractivity (Wildman–Crippen MR) is 145 cm³/mol. The van der Waals surface area contributed by atoms with Crippen molar-refractivity contribution < 1.29 is 13.8 Å². The van der Waals surface area contributed by atoms with Crippen molar-refractivity contribution in [3.8, 4) is 11.6 Å². The highest BCUT2D eigenvalue weighted by Crippen LogP contribution is 2.41. The number of thiophene rings is 1. The molecule has 0 bridgehead atoms. The number of anilines is 1. The number of benzene rings is 1. The van der Waals surface area contributed by atoms with Gasteiger partial charge in [0.2, 0.25) is 5.88 Å². The van der Waals surface area contributed by atoms with E-state index >= 15 is 0 Å². The predicted octanol–water partition coefficient (Wildman–Crippen LogP) is 7.08. The van der Waals surface area contributed by atoms with Crippen LogP contribution in [0.3, 0.4) is 0 Å². The van der Waals surface area contributed by atoms with Gasteiger partial charge < -0.3 is 13.8 Å². The van der Waals surface area contributed by atoms with Crippen LogP contribution in [-0.2, 0) is 6.42 Å². The number of nitro groups is 1. The zero-order chi connectivity index (χ0) is 25.0. The first kappa shape index (κ1) is 26.8. The first-order chi connectivity index (χ1) is 17.0. The molecular weight excluding hydrogens is 506 g/mol. The molecule has 1 aromatic carbocycles. The van der Waals surface area contributed by atoms with Crippen LogP contribution in [0.1, 0.15) is 29.7 Å². The fraction of sp³-hybridized carbons (Fsp3) is 0.320. The molecule has 1 atom stereocenters. The maximum atomic E-state index is 11.6. The minimum absolute atomic E-state index is 0.122. The standard InChI is InChI=1S/C25H28ClN3O4S2/c1-3-13-28(14-12-26)20-6-8-21(9-7-20)33-35-23(22-11-16-34-25(22)29(30)31)17-19-5-10-24(27-18-19)32-15-4-2/h4-11,16,18,23H,2-3,12-15,17H2,1H3. The summed E-state index contributed by atoms with van der Waals surface area (Å²) in [7, 11) is 0. The lowest BCUT2D eigenvalue weighted by Crippen LogP contribution is -2.26. The second-order valence-electron chi connectivity index (χ2n) is 7.58. The van der Waals surface area contributed by atoms with Crippen molar-refractivity contribution in [2.45, 2.75) is 25.0 Å². The maximum absolute atomic E-state index is 11.6. The Bertz CT molecular complexity index is 1070. The van der Waals surface area contributed by atoms with Gasteiger partial charge in [0, 0.05) is 36.9 Å². The number of rotatable bonds is 15. The SMILES string of the molecule is C=CCOc1ccc(CC(SOc2ccc(N(CCC)CCCl)cc2)c2ccsc2[N+](=O)[O-])cn1. The zero-order valence-corrected chi connectivity index (χ0v) is 21.9. The van der Waals surface area contributed by atoms with Gasteiger partial charge in [-0.3, -0.25) is 10.1 Å². The first-order valence-corrected chi connectivity index (χ1v) is 13.4. The molecule has 0 aliphatic heterocycles. The molecule has 0 saturated carbocycles. The molecule has 0 fully saturated rings. The average Bonchev–Trinajstić information content (AvgIpc) is 3.37. The summed E-state index contributed by atoms with van der Waals surface area (Å²) in [4.78, 5) is 17.8. The van der Waals surface area contributed by atoms with Gasteiger partial charge in [-0.05, 0) is 54.1 Å². The Morgan fingerprint density at radius 2 is 2.06 bits per heavy atom. The molecule has 3 aromatic rings. The Hall–Kier alpha value is -2.75. The number of halogens is 1. The number of hydrogen-bond acceptors (Lipinski definition) is 8. The Balaban J connectivity index is 1.74. The second-order valence-corrected chi connectivity index (χ2v) is 9.79. The molecule has 35 heavy (non-hydrogen) atoms. The smallest absolute Gasteiger partial charge is 0.328 e. The summed E-state index contributed by atoms with van der Waals surface area (Å²) >= 11 is 8.27. The second kappa shape index (κ2) is 14.0. The van der Waals surface area contributed by atoms with Crippen LogP contribution in [0.2, 0.25) is 0 Å². The summed E-state index contributed by atoms with van der Waals surface area (Å²) in [5, 5.41) is 13.1. The molecule has 0 spiro atoms. The summed E-state index contributed by atoms with van der Waals surface area (Å²) in [6.07, 6.45) is 4.91. The molecule has 0 aliphatic rings. The van der Waals surface area contributed by atoms with Crippen molar-refractivity contribution in [1.82, 2.24) is 4.98 Å². The molecule has 2 aromatic heterocycles. The number of nitrogens with zero attached hydrogens (tertiary/aromatic N) is 3. The Morgan fingerprint density at radius 3 is 2.69 bits per heavy atom. The highest BCUT2D eigenvalue weighted by atomic mass is 35.5. The highest BCUT2D eigenvalue weighted by molar-refractivity contribution is 7.95. The van der Waals surface area contributed by atoms with E-state index in [1.54, 1.807) is 29.8 Å². The van der Waals surface area contributed by atoms with E-state index in [0.717, 1.165) is 42.1 Å². The molecule has 0 saturated heterocycles. The monoisotopic (exact) mass is 533 g/mol. The Kier molecular flexibility index (Phi) is 10.7. The van der Waals surface area contributed by atoms with Gasteiger partial charge in [0.25, 0.3) is 0 Å². The van der Waals surface area contributed by atoms with E-state index in [-0.39, 0.29) is 15.2 Å². The third-order valence-electron chi connectivity index (χ3n) is 5.07. The minimum Gasteiger partial charge on any atom is -0.473 e. The molecule has 7 nitrogen and oxygen atoms in total. The third-order valence-corrected chi connectivity index (χ3v) is 7.06. The van der Waals surface area contributed by atoms with Crippen LogP contribution in [0.5, 0.6) is 11.6 Å². The fourth-order valence-electron chi connectivity index (χ4n) is 3.44. The van der Waals surface area contributed by atoms with Gasteiger partial charge in [-0.25, -0.2) is 4.98 Å². The van der Waals surface area contributed by atoms with E-state index in [1.807, 2.05) is 30.3 Å². The van der Waals surface area contributed by atoms with Crippen molar-refractivity contribution in [3.63, 3.8) is 0 Å². The van der Waals surface area contributed by atoms with Gasteiger partial charge in [-0.2, -0.15) is 0 Å². The number of ether oxygens (including phenoxy) is 1. The van der Waals surface area contributed by atoms with Crippen molar-refractivity contribution in [2.75, 3.05) is 30.5 Å². The molecule has 186 valence electrons. The lowest BCUT2D eigenvalue weighted by molar-refractivity contribution is -0.380. The van der Waals surface area contributed by atoms with Gasteiger partial charge >= 0.3 is 5.00 Å². The quantitative estimate of drug-likeness (QED) is 0.0678. The highest BCUT2D eigenvalue weighted by Gasteiger charge is 2.26. The molecule has 1 unspecified atom stereocenters. The van der Waals surface area contributed by atoms with Crippen LogP contribution in [-0.4, -0.2) is 35.5 Å². The van der Waals surface area contributed by atoms with E-state index in [9.17, 15) is 10.1 Å². The third kappa shape index (κ3) is 7.88. The molecular formula is C25H28ClN3O4S2. The van der Waals surface area contributed by atoms with Gasteiger partial charge in [0.1, 0.15) is 12.4 Å². The number of aromatic nitrogens is 1. The normalized spacial score (nSPS) is 11.6.